The Balaban J connectivity index is 2.53. The summed E-state index contributed by atoms with van der Waals surface area (Å²) in [5, 5.41) is 11.7. The summed E-state index contributed by atoms with van der Waals surface area (Å²) < 4.78 is 0. The van der Waals surface area contributed by atoms with E-state index in [2.05, 4.69) is 37.4 Å². The van der Waals surface area contributed by atoms with E-state index in [1.165, 1.54) is 16.7 Å². The van der Waals surface area contributed by atoms with Crippen molar-refractivity contribution >= 4 is 0 Å². The minimum atomic E-state index is 0.199. The lowest BCUT2D eigenvalue weighted by molar-refractivity contribution is 0.292. The van der Waals surface area contributed by atoms with Gasteiger partial charge in [0.05, 0.1) is 6.61 Å². The Morgan fingerprint density at radius 1 is 1.23 bits per heavy atom. The highest BCUT2D eigenvalue weighted by Gasteiger charge is 1.95. The number of benzene rings is 1. The molecule has 13 heavy (non-hydrogen) atoms. The smallest absolute Gasteiger partial charge is 0.0556 e. The van der Waals surface area contributed by atoms with E-state index in [1.54, 1.807) is 0 Å². The molecule has 0 amide bonds. The zero-order valence-electron chi connectivity index (χ0n) is 8.30. The second-order valence-corrected chi connectivity index (χ2v) is 3.32. The zero-order valence-corrected chi connectivity index (χ0v) is 8.30. The van der Waals surface area contributed by atoms with Crippen LogP contribution in [0.1, 0.15) is 16.7 Å². The molecule has 0 fully saturated rings. The topological polar surface area (TPSA) is 32.3 Å². The van der Waals surface area contributed by atoms with Gasteiger partial charge >= 0.3 is 0 Å². The van der Waals surface area contributed by atoms with Gasteiger partial charge in [0.15, 0.2) is 0 Å². The van der Waals surface area contributed by atoms with E-state index in [0.29, 0.717) is 6.54 Å². The average Bonchev–Trinajstić information content (AvgIpc) is 2.12. The molecule has 72 valence electrons. The first-order valence-electron chi connectivity index (χ1n) is 4.61. The molecular formula is C11H17NO. The van der Waals surface area contributed by atoms with Crippen molar-refractivity contribution in [3.63, 3.8) is 0 Å². The minimum Gasteiger partial charge on any atom is -0.395 e. The van der Waals surface area contributed by atoms with E-state index in [4.69, 9.17) is 5.11 Å². The van der Waals surface area contributed by atoms with Crippen LogP contribution in [-0.2, 0) is 6.54 Å². The molecule has 0 aromatic heterocycles. The Hall–Kier alpha value is -0.860. The molecule has 0 aliphatic heterocycles. The van der Waals surface area contributed by atoms with Crippen molar-refractivity contribution in [2.45, 2.75) is 20.4 Å². The first-order chi connectivity index (χ1) is 6.24. The zero-order chi connectivity index (χ0) is 9.68. The van der Waals surface area contributed by atoms with E-state index in [0.717, 1.165) is 6.54 Å². The van der Waals surface area contributed by atoms with Crippen LogP contribution in [-0.4, -0.2) is 18.3 Å². The quantitative estimate of drug-likeness (QED) is 0.684. The van der Waals surface area contributed by atoms with Gasteiger partial charge in [-0.2, -0.15) is 0 Å². The molecule has 0 aliphatic rings. The lowest BCUT2D eigenvalue weighted by atomic mass is 10.1. The summed E-state index contributed by atoms with van der Waals surface area (Å²) in [6.45, 7) is 5.92. The van der Waals surface area contributed by atoms with Gasteiger partial charge < -0.3 is 10.4 Å². The number of aryl methyl sites for hydroxylation is 2. The lowest BCUT2D eigenvalue weighted by Crippen LogP contribution is -2.17. The highest BCUT2D eigenvalue weighted by Crippen LogP contribution is 2.09. The second-order valence-electron chi connectivity index (χ2n) is 3.32. The molecular weight excluding hydrogens is 162 g/mol. The molecule has 0 radical (unpaired) electrons. The maximum Gasteiger partial charge on any atom is 0.0556 e. The fraction of sp³-hybridized carbons (Fsp3) is 0.455. The van der Waals surface area contributed by atoms with Gasteiger partial charge in [-0.25, -0.2) is 0 Å². The molecule has 0 saturated carbocycles. The molecule has 0 bridgehead atoms. The lowest BCUT2D eigenvalue weighted by Gasteiger charge is -2.05. The fourth-order valence-corrected chi connectivity index (χ4v) is 1.23. The van der Waals surface area contributed by atoms with Crippen LogP contribution < -0.4 is 5.32 Å². The van der Waals surface area contributed by atoms with Crippen LogP contribution in [0, 0.1) is 13.8 Å². The molecule has 1 aromatic carbocycles. The number of aliphatic hydroxyl groups is 1. The third kappa shape index (κ3) is 3.17. The first kappa shape index (κ1) is 10.2. The molecule has 1 aromatic rings. The van der Waals surface area contributed by atoms with Crippen LogP contribution in [0.5, 0.6) is 0 Å². The van der Waals surface area contributed by atoms with Gasteiger partial charge in [0.25, 0.3) is 0 Å². The Kier molecular flexibility index (Phi) is 3.93. The van der Waals surface area contributed by atoms with E-state index in [1.807, 2.05) is 0 Å². The van der Waals surface area contributed by atoms with Gasteiger partial charge in [-0.05, 0) is 30.5 Å². The molecule has 0 unspecified atom stereocenters. The third-order valence-electron chi connectivity index (χ3n) is 2.19. The fourth-order valence-electron chi connectivity index (χ4n) is 1.23. The Morgan fingerprint density at radius 3 is 2.62 bits per heavy atom. The van der Waals surface area contributed by atoms with E-state index in [9.17, 15) is 0 Å². The molecule has 0 saturated heterocycles. The van der Waals surface area contributed by atoms with Crippen molar-refractivity contribution in [3.8, 4) is 0 Å². The Labute approximate surface area is 79.6 Å². The molecule has 0 aliphatic carbocycles. The van der Waals surface area contributed by atoms with Crippen LogP contribution in [0.3, 0.4) is 0 Å². The number of rotatable bonds is 4. The van der Waals surface area contributed by atoms with Gasteiger partial charge in [0.1, 0.15) is 0 Å². The molecule has 0 heterocycles. The summed E-state index contributed by atoms with van der Waals surface area (Å²) in [5.41, 5.74) is 3.92. The largest absolute Gasteiger partial charge is 0.395 e. The summed E-state index contributed by atoms with van der Waals surface area (Å²) in [5.74, 6) is 0. The maximum absolute atomic E-state index is 8.58. The number of aliphatic hydroxyl groups excluding tert-OH is 1. The molecule has 0 spiro atoms. The molecule has 2 heteroatoms. The van der Waals surface area contributed by atoms with Gasteiger partial charge in [-0.1, -0.05) is 18.2 Å². The summed E-state index contributed by atoms with van der Waals surface area (Å²) in [4.78, 5) is 0. The van der Waals surface area contributed by atoms with Crippen molar-refractivity contribution < 1.29 is 5.11 Å². The summed E-state index contributed by atoms with van der Waals surface area (Å²) >= 11 is 0. The highest BCUT2D eigenvalue weighted by atomic mass is 16.3. The van der Waals surface area contributed by atoms with Gasteiger partial charge in [-0.15, -0.1) is 0 Å². The van der Waals surface area contributed by atoms with Crippen molar-refractivity contribution in [3.05, 3.63) is 34.9 Å². The summed E-state index contributed by atoms with van der Waals surface area (Å²) in [6.07, 6.45) is 0. The van der Waals surface area contributed by atoms with Crippen LogP contribution in [0.15, 0.2) is 18.2 Å². The highest BCUT2D eigenvalue weighted by molar-refractivity contribution is 5.29. The van der Waals surface area contributed by atoms with Crippen LogP contribution >= 0.6 is 0 Å². The molecule has 0 atom stereocenters. The first-order valence-corrected chi connectivity index (χ1v) is 4.61. The van der Waals surface area contributed by atoms with Crippen LogP contribution in [0.4, 0.5) is 0 Å². The Bertz CT molecular complexity index is 271. The predicted octanol–water partition coefficient (Wildman–Crippen LogP) is 1.39. The standard InChI is InChI=1S/C11H17NO/c1-9-3-4-11(7-10(9)2)8-12-5-6-13/h3-4,7,12-13H,5-6,8H2,1-2H3. The van der Waals surface area contributed by atoms with E-state index >= 15 is 0 Å². The Morgan fingerprint density at radius 2 is 2.00 bits per heavy atom. The number of hydrogen-bond donors (Lipinski definition) is 2. The van der Waals surface area contributed by atoms with E-state index in [-0.39, 0.29) is 6.61 Å². The third-order valence-corrected chi connectivity index (χ3v) is 2.19. The van der Waals surface area contributed by atoms with Crippen molar-refractivity contribution in [1.29, 1.82) is 0 Å². The predicted molar refractivity (Wildman–Crippen MR) is 54.7 cm³/mol. The maximum atomic E-state index is 8.58. The SMILES string of the molecule is Cc1ccc(CNCCO)cc1C. The molecule has 2 nitrogen and oxygen atoms in total. The van der Waals surface area contributed by atoms with Crippen LogP contribution in [0.25, 0.3) is 0 Å². The normalized spacial score (nSPS) is 10.4. The summed E-state index contributed by atoms with van der Waals surface area (Å²) in [7, 11) is 0. The number of nitrogens with one attached hydrogen (secondary N) is 1. The van der Waals surface area contributed by atoms with Gasteiger partial charge in [0.2, 0.25) is 0 Å². The van der Waals surface area contributed by atoms with E-state index < -0.39 is 0 Å². The minimum absolute atomic E-state index is 0.199. The molecule has 2 N–H and O–H groups in total. The van der Waals surface area contributed by atoms with Crippen molar-refractivity contribution in [1.82, 2.24) is 5.32 Å². The summed E-state index contributed by atoms with van der Waals surface area (Å²) in [6, 6.07) is 6.43. The van der Waals surface area contributed by atoms with Gasteiger partial charge in [-0.3, -0.25) is 0 Å². The number of hydrogen-bond acceptors (Lipinski definition) is 2. The van der Waals surface area contributed by atoms with Crippen molar-refractivity contribution in [2.75, 3.05) is 13.2 Å². The monoisotopic (exact) mass is 179 g/mol. The average molecular weight is 179 g/mol. The van der Waals surface area contributed by atoms with Crippen LogP contribution in [0.2, 0.25) is 0 Å². The van der Waals surface area contributed by atoms with Crippen molar-refractivity contribution in [2.24, 2.45) is 0 Å². The molecule has 1 rings (SSSR count). The second kappa shape index (κ2) is 5.00. The van der Waals surface area contributed by atoms with Gasteiger partial charge in [0, 0.05) is 13.1 Å².